The van der Waals surface area contributed by atoms with Crippen LogP contribution in [0.15, 0.2) is 24.3 Å². The minimum Gasteiger partial charge on any atom is -0.317 e. The van der Waals surface area contributed by atoms with Gasteiger partial charge < -0.3 is 5.32 Å². The molecule has 0 bridgehead atoms. The summed E-state index contributed by atoms with van der Waals surface area (Å²) in [6, 6.07) is 7.21. The van der Waals surface area contributed by atoms with Crippen molar-refractivity contribution in [2.45, 2.75) is 19.4 Å². The first-order valence-electron chi connectivity index (χ1n) is 4.14. The second kappa shape index (κ2) is 5.95. The summed E-state index contributed by atoms with van der Waals surface area (Å²) in [7, 11) is 1.88. The van der Waals surface area contributed by atoms with Crippen LogP contribution in [0.25, 0.3) is 0 Å². The van der Waals surface area contributed by atoms with Crippen LogP contribution in [0, 0.1) is 5.82 Å². The molecule has 1 aromatic rings. The Morgan fingerprint density at radius 2 is 2.00 bits per heavy atom. The summed E-state index contributed by atoms with van der Waals surface area (Å²) >= 11 is 0. The Morgan fingerprint density at radius 3 is 2.54 bits per heavy atom. The zero-order valence-corrected chi connectivity index (χ0v) is 8.70. The normalized spacial score (nSPS) is 11.9. The third-order valence-corrected chi connectivity index (χ3v) is 1.98. The van der Waals surface area contributed by atoms with Gasteiger partial charge >= 0.3 is 0 Å². The molecule has 0 radical (unpaired) electrons. The largest absolute Gasteiger partial charge is 0.317 e. The highest BCUT2D eigenvalue weighted by atomic mass is 35.5. The first-order valence-corrected chi connectivity index (χ1v) is 4.14. The number of hydrogen-bond donors (Lipinski definition) is 1. The first-order chi connectivity index (χ1) is 5.74. The van der Waals surface area contributed by atoms with Crippen LogP contribution < -0.4 is 5.32 Å². The van der Waals surface area contributed by atoms with E-state index < -0.39 is 0 Å². The van der Waals surface area contributed by atoms with Crippen LogP contribution >= 0.6 is 12.4 Å². The van der Waals surface area contributed by atoms with E-state index in [2.05, 4.69) is 5.32 Å². The predicted octanol–water partition coefficient (Wildman–Crippen LogP) is 2.40. The van der Waals surface area contributed by atoms with Gasteiger partial charge in [-0.1, -0.05) is 18.2 Å². The third-order valence-electron chi connectivity index (χ3n) is 1.98. The minimum absolute atomic E-state index is 0. The van der Waals surface area contributed by atoms with E-state index in [0.29, 0.717) is 6.04 Å². The maximum absolute atomic E-state index is 13.1. The molecule has 0 aromatic heterocycles. The molecular formula is C10H15ClFN. The van der Waals surface area contributed by atoms with E-state index in [1.165, 1.54) is 6.07 Å². The summed E-state index contributed by atoms with van der Waals surface area (Å²) in [6.45, 7) is 2.03. The van der Waals surface area contributed by atoms with Gasteiger partial charge in [-0.05, 0) is 32.0 Å². The molecule has 3 heteroatoms. The van der Waals surface area contributed by atoms with E-state index in [-0.39, 0.29) is 18.2 Å². The van der Waals surface area contributed by atoms with Gasteiger partial charge in [0.2, 0.25) is 0 Å². The highest BCUT2D eigenvalue weighted by Crippen LogP contribution is 2.08. The molecule has 1 aromatic carbocycles. The molecule has 1 unspecified atom stereocenters. The van der Waals surface area contributed by atoms with Crippen LogP contribution in [-0.4, -0.2) is 13.1 Å². The van der Waals surface area contributed by atoms with Gasteiger partial charge in [0, 0.05) is 6.04 Å². The predicted molar refractivity (Wildman–Crippen MR) is 55.9 cm³/mol. The van der Waals surface area contributed by atoms with E-state index in [1.807, 2.05) is 26.1 Å². The molecular weight excluding hydrogens is 189 g/mol. The molecule has 1 N–H and O–H groups in total. The lowest BCUT2D eigenvalue weighted by Gasteiger charge is -2.09. The molecule has 0 aliphatic heterocycles. The van der Waals surface area contributed by atoms with Crippen LogP contribution in [-0.2, 0) is 6.42 Å². The monoisotopic (exact) mass is 203 g/mol. The molecule has 0 saturated heterocycles. The summed E-state index contributed by atoms with van der Waals surface area (Å²) < 4.78 is 13.1. The van der Waals surface area contributed by atoms with Crippen LogP contribution in [0.4, 0.5) is 4.39 Å². The molecule has 0 saturated carbocycles. The smallest absolute Gasteiger partial charge is 0.126 e. The van der Waals surface area contributed by atoms with Crippen LogP contribution in [0.3, 0.4) is 0 Å². The van der Waals surface area contributed by atoms with E-state index in [1.54, 1.807) is 6.07 Å². The van der Waals surface area contributed by atoms with E-state index in [4.69, 9.17) is 0 Å². The molecule has 74 valence electrons. The van der Waals surface area contributed by atoms with Crippen LogP contribution in [0.5, 0.6) is 0 Å². The molecule has 1 atom stereocenters. The van der Waals surface area contributed by atoms with Gasteiger partial charge in [0.15, 0.2) is 0 Å². The average Bonchev–Trinajstić information content (AvgIpc) is 2.09. The number of nitrogens with one attached hydrogen (secondary N) is 1. The van der Waals surface area contributed by atoms with Gasteiger partial charge in [-0.3, -0.25) is 0 Å². The van der Waals surface area contributed by atoms with Crippen molar-refractivity contribution in [1.29, 1.82) is 0 Å². The molecule has 0 aliphatic carbocycles. The van der Waals surface area contributed by atoms with E-state index >= 15 is 0 Å². The lowest BCUT2D eigenvalue weighted by molar-refractivity contribution is 0.564. The van der Waals surface area contributed by atoms with Crippen molar-refractivity contribution in [1.82, 2.24) is 5.32 Å². The zero-order chi connectivity index (χ0) is 8.97. The topological polar surface area (TPSA) is 12.0 Å². The van der Waals surface area contributed by atoms with Crippen LogP contribution in [0.2, 0.25) is 0 Å². The summed E-state index contributed by atoms with van der Waals surface area (Å²) in [4.78, 5) is 0. The molecule has 13 heavy (non-hydrogen) atoms. The molecule has 0 spiro atoms. The summed E-state index contributed by atoms with van der Waals surface area (Å²) in [5.41, 5.74) is 0.777. The van der Waals surface area contributed by atoms with Crippen molar-refractivity contribution in [3.8, 4) is 0 Å². The zero-order valence-electron chi connectivity index (χ0n) is 7.88. The Hall–Kier alpha value is -0.600. The van der Waals surface area contributed by atoms with Crippen molar-refractivity contribution in [3.63, 3.8) is 0 Å². The maximum Gasteiger partial charge on any atom is 0.126 e. The van der Waals surface area contributed by atoms with Crippen molar-refractivity contribution in [2.24, 2.45) is 0 Å². The lowest BCUT2D eigenvalue weighted by atomic mass is 10.1. The Bertz CT molecular complexity index is 252. The molecule has 0 aliphatic rings. The lowest BCUT2D eigenvalue weighted by Crippen LogP contribution is -2.23. The highest BCUT2D eigenvalue weighted by molar-refractivity contribution is 5.85. The summed E-state index contributed by atoms with van der Waals surface area (Å²) in [5, 5.41) is 3.07. The number of likely N-dealkylation sites (N-methyl/N-ethyl adjacent to an activating group) is 1. The fraction of sp³-hybridized carbons (Fsp3) is 0.400. The highest BCUT2D eigenvalue weighted by Gasteiger charge is 2.04. The maximum atomic E-state index is 13.1. The first kappa shape index (κ1) is 12.4. The molecule has 1 nitrogen and oxygen atoms in total. The SMILES string of the molecule is CNC(C)Cc1ccccc1F.Cl. The number of rotatable bonds is 3. The third kappa shape index (κ3) is 3.75. The van der Waals surface area contributed by atoms with Gasteiger partial charge in [-0.2, -0.15) is 0 Å². The quantitative estimate of drug-likeness (QED) is 0.796. The van der Waals surface area contributed by atoms with Gasteiger partial charge in [0.1, 0.15) is 5.82 Å². The van der Waals surface area contributed by atoms with Gasteiger partial charge in [-0.15, -0.1) is 12.4 Å². The van der Waals surface area contributed by atoms with Crippen molar-refractivity contribution in [3.05, 3.63) is 35.6 Å². The van der Waals surface area contributed by atoms with Crippen LogP contribution in [0.1, 0.15) is 12.5 Å². The second-order valence-electron chi connectivity index (χ2n) is 2.99. The molecule has 0 heterocycles. The van der Waals surface area contributed by atoms with Crippen molar-refractivity contribution >= 4 is 12.4 Å². The number of hydrogen-bond acceptors (Lipinski definition) is 1. The van der Waals surface area contributed by atoms with Gasteiger partial charge in [0.05, 0.1) is 0 Å². The summed E-state index contributed by atoms with van der Waals surface area (Å²) in [5.74, 6) is -0.111. The Labute approximate surface area is 84.8 Å². The second-order valence-corrected chi connectivity index (χ2v) is 2.99. The Balaban J connectivity index is 0.00000144. The fourth-order valence-electron chi connectivity index (χ4n) is 1.10. The van der Waals surface area contributed by atoms with E-state index in [0.717, 1.165) is 12.0 Å². The number of benzene rings is 1. The van der Waals surface area contributed by atoms with Crippen molar-refractivity contribution in [2.75, 3.05) is 7.05 Å². The number of halogens is 2. The standard InChI is InChI=1S/C10H14FN.ClH/c1-8(12-2)7-9-5-3-4-6-10(9)11;/h3-6,8,12H,7H2,1-2H3;1H. The van der Waals surface area contributed by atoms with Gasteiger partial charge in [-0.25, -0.2) is 4.39 Å². The summed E-state index contributed by atoms with van der Waals surface area (Å²) in [6.07, 6.45) is 0.739. The van der Waals surface area contributed by atoms with Crippen molar-refractivity contribution < 1.29 is 4.39 Å². The minimum atomic E-state index is -0.111. The fourth-order valence-corrected chi connectivity index (χ4v) is 1.10. The molecule has 0 amide bonds. The molecule has 1 rings (SSSR count). The Morgan fingerprint density at radius 1 is 1.38 bits per heavy atom. The average molecular weight is 204 g/mol. The van der Waals surface area contributed by atoms with E-state index in [9.17, 15) is 4.39 Å². The van der Waals surface area contributed by atoms with Gasteiger partial charge in [0.25, 0.3) is 0 Å². The molecule has 0 fully saturated rings. The Kier molecular flexibility index (Phi) is 5.67.